The molecule has 0 bridgehead atoms. The van der Waals surface area contributed by atoms with Crippen molar-refractivity contribution in [3.05, 3.63) is 65.1 Å². The average Bonchev–Trinajstić information content (AvgIpc) is 2.89. The first-order valence-corrected chi connectivity index (χ1v) is 14.7. The van der Waals surface area contributed by atoms with Crippen LogP contribution in [0.25, 0.3) is 32.8 Å². The number of aromatic nitrogens is 2. The largest absolute Gasteiger partial charge is 0.444 e. The normalized spacial score (nSPS) is 14.0. The van der Waals surface area contributed by atoms with Gasteiger partial charge in [0, 0.05) is 56.1 Å². The summed E-state index contributed by atoms with van der Waals surface area (Å²) in [6.45, 7) is 8.57. The van der Waals surface area contributed by atoms with Crippen molar-refractivity contribution in [2.75, 3.05) is 51.7 Å². The van der Waals surface area contributed by atoms with Crippen LogP contribution in [0.15, 0.2) is 48.5 Å². The molecule has 2 N–H and O–H groups in total. The number of nitrogens with one attached hydrogen (secondary N) is 2. The number of benzene rings is 3. The number of hydrogen-bond acceptors (Lipinski definition) is 7. The third-order valence-electron chi connectivity index (χ3n) is 7.39. The number of likely N-dealkylation sites (N-methyl/N-ethyl adjacent to an activating group) is 1. The summed E-state index contributed by atoms with van der Waals surface area (Å²) in [5.74, 6) is 0.0743. The van der Waals surface area contributed by atoms with Crippen molar-refractivity contribution >= 4 is 45.3 Å². The van der Waals surface area contributed by atoms with Gasteiger partial charge in [-0.25, -0.2) is 19.2 Å². The van der Waals surface area contributed by atoms with E-state index >= 15 is 4.39 Å². The summed E-state index contributed by atoms with van der Waals surface area (Å²) in [6, 6.07) is 15.9. The minimum absolute atomic E-state index is 0.266. The monoisotopic (exact) mass is 592 g/mol. The van der Waals surface area contributed by atoms with Crippen LogP contribution >= 0.6 is 11.6 Å². The fourth-order valence-corrected chi connectivity index (χ4v) is 5.40. The van der Waals surface area contributed by atoms with Crippen molar-refractivity contribution < 1.29 is 13.9 Å². The van der Waals surface area contributed by atoms with E-state index in [2.05, 4.69) is 34.5 Å². The number of anilines is 1. The molecule has 8 nitrogen and oxygen atoms in total. The molecule has 0 radical (unpaired) electrons. The van der Waals surface area contributed by atoms with E-state index in [1.165, 1.54) is 0 Å². The van der Waals surface area contributed by atoms with Crippen LogP contribution in [0.4, 0.5) is 15.1 Å². The van der Waals surface area contributed by atoms with Crippen LogP contribution in [0, 0.1) is 5.82 Å². The van der Waals surface area contributed by atoms with Gasteiger partial charge in [-0.05, 0) is 57.3 Å². The summed E-state index contributed by atoms with van der Waals surface area (Å²) >= 11 is 6.81. The highest BCUT2D eigenvalue weighted by Crippen LogP contribution is 2.40. The molecular weight excluding hydrogens is 555 g/mol. The second-order valence-electron chi connectivity index (χ2n) is 11.9. The van der Waals surface area contributed by atoms with E-state index in [1.54, 1.807) is 6.07 Å². The summed E-state index contributed by atoms with van der Waals surface area (Å²) in [5, 5.41) is 8.92. The Morgan fingerprint density at radius 2 is 1.81 bits per heavy atom. The van der Waals surface area contributed by atoms with E-state index in [-0.39, 0.29) is 5.52 Å². The predicted molar refractivity (Wildman–Crippen MR) is 168 cm³/mol. The number of carbonyl (C=O) groups excluding carboxylic acids is 1. The average molecular weight is 593 g/mol. The van der Waals surface area contributed by atoms with Gasteiger partial charge in [0.2, 0.25) is 5.95 Å². The summed E-state index contributed by atoms with van der Waals surface area (Å²) in [5.41, 5.74) is 1.52. The Morgan fingerprint density at radius 1 is 1.07 bits per heavy atom. The highest BCUT2D eigenvalue weighted by molar-refractivity contribution is 6.34. The molecule has 10 heteroatoms. The fraction of sp³-hybridized carbons (Fsp3) is 0.406. The summed E-state index contributed by atoms with van der Waals surface area (Å²) in [7, 11) is 4.10. The molecule has 5 rings (SSSR count). The van der Waals surface area contributed by atoms with Gasteiger partial charge in [-0.15, -0.1) is 0 Å². The highest BCUT2D eigenvalue weighted by atomic mass is 35.5. The van der Waals surface area contributed by atoms with Crippen molar-refractivity contribution in [1.29, 1.82) is 0 Å². The zero-order valence-electron chi connectivity index (χ0n) is 24.8. The maximum absolute atomic E-state index is 16.5. The van der Waals surface area contributed by atoms with Gasteiger partial charge in [0.05, 0.1) is 10.7 Å². The van der Waals surface area contributed by atoms with Gasteiger partial charge in [-0.2, -0.15) is 0 Å². The van der Waals surface area contributed by atoms with Gasteiger partial charge in [0.15, 0.2) is 5.82 Å². The molecule has 0 spiro atoms. The van der Waals surface area contributed by atoms with Crippen LogP contribution in [0.3, 0.4) is 0 Å². The number of carbonyl (C=O) groups is 1. The first-order chi connectivity index (χ1) is 20.0. The molecule has 1 fully saturated rings. The van der Waals surface area contributed by atoms with Crippen molar-refractivity contribution in [2.45, 2.75) is 38.8 Å². The molecular formula is C32H38ClFN6O2. The van der Waals surface area contributed by atoms with E-state index in [1.807, 2.05) is 63.2 Å². The van der Waals surface area contributed by atoms with E-state index in [0.717, 1.165) is 35.1 Å². The number of ether oxygens (including phenoxy) is 1. The van der Waals surface area contributed by atoms with E-state index in [4.69, 9.17) is 26.3 Å². The molecule has 2 heterocycles. The second-order valence-corrected chi connectivity index (χ2v) is 12.3. The van der Waals surface area contributed by atoms with Crippen LogP contribution in [-0.2, 0) is 11.2 Å². The molecule has 1 saturated heterocycles. The van der Waals surface area contributed by atoms with Gasteiger partial charge < -0.3 is 25.2 Å². The minimum Gasteiger partial charge on any atom is -0.444 e. The van der Waals surface area contributed by atoms with Gasteiger partial charge in [0.25, 0.3) is 0 Å². The number of alkyl carbamates (subject to hydrolysis) is 1. The third-order valence-corrected chi connectivity index (χ3v) is 7.69. The Balaban J connectivity index is 1.42. The lowest BCUT2D eigenvalue weighted by molar-refractivity contribution is 0.0528. The lowest BCUT2D eigenvalue weighted by Gasteiger charge is -2.42. The quantitative estimate of drug-likeness (QED) is 0.243. The lowest BCUT2D eigenvalue weighted by Crippen LogP contribution is -2.58. The molecule has 0 unspecified atom stereocenters. The molecule has 0 saturated carbocycles. The summed E-state index contributed by atoms with van der Waals surface area (Å²) in [4.78, 5) is 25.8. The van der Waals surface area contributed by atoms with Gasteiger partial charge in [0.1, 0.15) is 11.1 Å². The topological polar surface area (TPSA) is 82.6 Å². The van der Waals surface area contributed by atoms with Crippen LogP contribution < -0.4 is 15.5 Å². The van der Waals surface area contributed by atoms with E-state index in [9.17, 15) is 4.79 Å². The standard InChI is InChI=1S/C32H38ClFN6O2/c1-32(2,3)42-31(41)36-16-15-35-14-13-26-24-17-25(33)27(23-12-8-10-20-9-6-7-11-22(20)23)28(34)29(24)38-30(37-26)40-18-21(19-40)39(4)5/h6-12,17,21,35H,13-16,18-19H2,1-5H3,(H,36,41). The number of nitrogens with zero attached hydrogens (tertiary/aromatic N) is 4. The highest BCUT2D eigenvalue weighted by Gasteiger charge is 2.31. The van der Waals surface area contributed by atoms with Gasteiger partial charge in [-0.3, -0.25) is 0 Å². The lowest BCUT2D eigenvalue weighted by atomic mass is 9.96. The molecule has 42 heavy (non-hydrogen) atoms. The Bertz CT molecular complexity index is 1590. The number of amides is 1. The number of hydrogen-bond donors (Lipinski definition) is 2. The molecule has 1 aromatic heterocycles. The van der Waals surface area contributed by atoms with Crippen molar-refractivity contribution in [2.24, 2.45) is 0 Å². The summed E-state index contributed by atoms with van der Waals surface area (Å²) in [6.07, 6.45) is 0.0840. The van der Waals surface area contributed by atoms with Crippen molar-refractivity contribution in [3.63, 3.8) is 0 Å². The van der Waals surface area contributed by atoms with E-state index in [0.29, 0.717) is 54.0 Å². The number of halogens is 2. The van der Waals surface area contributed by atoms with Crippen molar-refractivity contribution in [1.82, 2.24) is 25.5 Å². The Labute approximate surface area is 251 Å². The maximum Gasteiger partial charge on any atom is 0.407 e. The molecule has 0 aliphatic carbocycles. The van der Waals surface area contributed by atoms with Crippen LogP contribution in [-0.4, -0.2) is 79.4 Å². The molecule has 1 amide bonds. The van der Waals surface area contributed by atoms with E-state index < -0.39 is 17.5 Å². The number of rotatable bonds is 9. The maximum atomic E-state index is 16.5. The third kappa shape index (κ3) is 6.59. The Morgan fingerprint density at radius 3 is 2.55 bits per heavy atom. The zero-order valence-corrected chi connectivity index (χ0v) is 25.6. The number of fused-ring (bicyclic) bond motifs is 2. The first kappa shape index (κ1) is 29.9. The van der Waals surface area contributed by atoms with Crippen LogP contribution in [0.2, 0.25) is 5.02 Å². The van der Waals surface area contributed by atoms with Gasteiger partial charge >= 0.3 is 6.09 Å². The van der Waals surface area contributed by atoms with Crippen LogP contribution in [0.1, 0.15) is 26.5 Å². The summed E-state index contributed by atoms with van der Waals surface area (Å²) < 4.78 is 21.8. The second kappa shape index (κ2) is 12.4. The first-order valence-electron chi connectivity index (χ1n) is 14.3. The Hall–Kier alpha value is -3.53. The molecule has 0 atom stereocenters. The predicted octanol–water partition coefficient (Wildman–Crippen LogP) is 5.65. The molecule has 3 aromatic carbocycles. The Kier molecular flexibility index (Phi) is 8.82. The molecule has 1 aliphatic rings. The molecule has 1 aliphatic heterocycles. The molecule has 4 aromatic rings. The minimum atomic E-state index is -0.545. The smallest absolute Gasteiger partial charge is 0.407 e. The van der Waals surface area contributed by atoms with Crippen molar-refractivity contribution in [3.8, 4) is 11.1 Å². The molecule has 222 valence electrons. The fourth-order valence-electron chi connectivity index (χ4n) is 5.11. The SMILES string of the molecule is CN(C)C1CN(c2nc(CCNCCNC(=O)OC(C)(C)C)c3cc(Cl)c(-c4cccc5ccccc45)c(F)c3n2)C1. The zero-order chi connectivity index (χ0) is 30.0. The van der Waals surface area contributed by atoms with Gasteiger partial charge in [-0.1, -0.05) is 54.1 Å². The van der Waals surface area contributed by atoms with Crippen LogP contribution in [0.5, 0.6) is 0 Å².